The second-order valence-corrected chi connectivity index (χ2v) is 7.33. The fourth-order valence-electron chi connectivity index (χ4n) is 3.59. The molecule has 1 aliphatic heterocycles. The van der Waals surface area contributed by atoms with Gasteiger partial charge in [-0.2, -0.15) is 0 Å². The summed E-state index contributed by atoms with van der Waals surface area (Å²) >= 11 is 0. The lowest BCUT2D eigenvalue weighted by Crippen LogP contribution is -2.45. The van der Waals surface area contributed by atoms with Gasteiger partial charge in [-0.25, -0.2) is 9.78 Å². The number of nitrogens with one attached hydrogen (secondary N) is 1. The van der Waals surface area contributed by atoms with E-state index in [-0.39, 0.29) is 17.2 Å². The fraction of sp³-hybridized carbons (Fsp3) is 0.500. The molecule has 1 fully saturated rings. The van der Waals surface area contributed by atoms with Gasteiger partial charge in [-0.05, 0) is 40.2 Å². The number of hydroxylamine groups is 2. The highest BCUT2D eigenvalue weighted by Crippen LogP contribution is 2.48. The minimum Gasteiger partial charge on any atom is -0.507 e. The van der Waals surface area contributed by atoms with Crippen LogP contribution in [0.2, 0.25) is 0 Å². The third-order valence-electron chi connectivity index (χ3n) is 4.81. The van der Waals surface area contributed by atoms with Gasteiger partial charge in [0.15, 0.2) is 0 Å². The number of hydrogen-bond donors (Lipinski definition) is 3. The summed E-state index contributed by atoms with van der Waals surface area (Å²) in [5.74, 6) is -0.996. The van der Waals surface area contributed by atoms with Crippen molar-refractivity contribution in [3.63, 3.8) is 0 Å². The quantitative estimate of drug-likeness (QED) is 0.788. The number of carboxylic acid groups (broad SMARTS) is 1. The van der Waals surface area contributed by atoms with Gasteiger partial charge >= 0.3 is 5.97 Å². The van der Waals surface area contributed by atoms with Crippen molar-refractivity contribution in [2.75, 3.05) is 0 Å². The molecular formula is C16H20N3O4. The van der Waals surface area contributed by atoms with Crippen LogP contribution in [0.3, 0.4) is 0 Å². The van der Waals surface area contributed by atoms with Gasteiger partial charge in [0.1, 0.15) is 17.1 Å². The van der Waals surface area contributed by atoms with Crippen LogP contribution in [0.15, 0.2) is 12.1 Å². The average molecular weight is 318 g/mol. The number of benzene rings is 1. The highest BCUT2D eigenvalue weighted by molar-refractivity contribution is 5.95. The Labute approximate surface area is 133 Å². The fourth-order valence-corrected chi connectivity index (χ4v) is 3.59. The Kier molecular flexibility index (Phi) is 3.21. The Hall–Kier alpha value is -2.12. The van der Waals surface area contributed by atoms with Crippen LogP contribution in [-0.2, 0) is 5.21 Å². The Morgan fingerprint density at radius 3 is 2.52 bits per heavy atom. The molecule has 1 saturated heterocycles. The van der Waals surface area contributed by atoms with Crippen molar-refractivity contribution >= 4 is 17.0 Å². The molecule has 1 aromatic carbocycles. The summed E-state index contributed by atoms with van der Waals surface area (Å²) in [4.78, 5) is 18.7. The van der Waals surface area contributed by atoms with Crippen LogP contribution in [-0.4, -0.2) is 42.3 Å². The van der Waals surface area contributed by atoms with E-state index < -0.39 is 17.0 Å². The summed E-state index contributed by atoms with van der Waals surface area (Å²) in [5, 5.41) is 32.5. The number of aromatic hydroxyl groups is 1. The maximum absolute atomic E-state index is 12.5. The van der Waals surface area contributed by atoms with Crippen molar-refractivity contribution in [1.82, 2.24) is 15.0 Å². The predicted molar refractivity (Wildman–Crippen MR) is 82.8 cm³/mol. The maximum Gasteiger partial charge on any atom is 0.339 e. The van der Waals surface area contributed by atoms with Crippen molar-refractivity contribution in [3.05, 3.63) is 23.5 Å². The molecule has 123 valence electrons. The largest absolute Gasteiger partial charge is 0.507 e. The third-order valence-corrected chi connectivity index (χ3v) is 4.81. The van der Waals surface area contributed by atoms with Gasteiger partial charge in [-0.1, -0.05) is 0 Å². The number of carboxylic acids is 1. The van der Waals surface area contributed by atoms with E-state index in [1.165, 1.54) is 12.1 Å². The van der Waals surface area contributed by atoms with Crippen molar-refractivity contribution in [2.24, 2.45) is 0 Å². The number of carbonyl (C=O) groups is 1. The van der Waals surface area contributed by atoms with E-state index in [2.05, 4.69) is 9.97 Å². The molecule has 0 spiro atoms. The molecule has 3 rings (SSSR count). The van der Waals surface area contributed by atoms with E-state index >= 15 is 0 Å². The SMILES string of the molecule is CC1(C)CC(c2nc3cc(O)c(C(=O)O)cc3[nH]2)C(C)(C)N1[O]. The minimum atomic E-state index is -1.20. The zero-order valence-electron chi connectivity index (χ0n) is 13.5. The number of hydrogen-bond acceptors (Lipinski definition) is 4. The smallest absolute Gasteiger partial charge is 0.339 e. The number of nitrogens with zero attached hydrogens (tertiary/aromatic N) is 2. The number of imidazole rings is 1. The monoisotopic (exact) mass is 318 g/mol. The number of fused-ring (bicyclic) bond motifs is 1. The van der Waals surface area contributed by atoms with Crippen LogP contribution < -0.4 is 0 Å². The first-order valence-corrected chi connectivity index (χ1v) is 7.47. The molecule has 0 bridgehead atoms. The molecule has 1 aliphatic rings. The van der Waals surface area contributed by atoms with Gasteiger partial charge in [0.25, 0.3) is 0 Å². The Morgan fingerprint density at radius 2 is 2.00 bits per heavy atom. The van der Waals surface area contributed by atoms with Gasteiger partial charge < -0.3 is 15.2 Å². The molecule has 7 nitrogen and oxygen atoms in total. The second kappa shape index (κ2) is 4.69. The highest BCUT2D eigenvalue weighted by atomic mass is 16.5. The molecular weight excluding hydrogens is 298 g/mol. The molecule has 2 aromatic rings. The molecule has 0 saturated carbocycles. The van der Waals surface area contributed by atoms with Gasteiger partial charge in [-0.3, -0.25) is 0 Å². The van der Waals surface area contributed by atoms with Gasteiger partial charge in [-0.15, -0.1) is 10.3 Å². The Balaban J connectivity index is 2.09. The number of aromatic nitrogens is 2. The lowest BCUT2D eigenvalue weighted by Gasteiger charge is -2.33. The van der Waals surface area contributed by atoms with E-state index in [1.54, 1.807) is 0 Å². The van der Waals surface area contributed by atoms with Crippen molar-refractivity contribution in [2.45, 2.75) is 51.1 Å². The first kappa shape index (κ1) is 15.8. The van der Waals surface area contributed by atoms with Gasteiger partial charge in [0, 0.05) is 17.5 Å². The van der Waals surface area contributed by atoms with Crippen molar-refractivity contribution < 1.29 is 20.2 Å². The standard InChI is InChI=1S/C16H20N3O4/c1-15(2)7-9(16(3,4)19(15)23)13-17-10-5-8(14(21)22)12(20)6-11(10)18-13/h5-6,9,20H,7H2,1-4H3,(H,17,18)(H,21,22). The molecule has 7 heteroatoms. The lowest BCUT2D eigenvalue weighted by molar-refractivity contribution is -0.246. The molecule has 1 atom stereocenters. The van der Waals surface area contributed by atoms with Gasteiger partial charge in [0.2, 0.25) is 0 Å². The zero-order valence-corrected chi connectivity index (χ0v) is 13.5. The van der Waals surface area contributed by atoms with Crippen LogP contribution in [0.5, 0.6) is 5.75 Å². The zero-order chi connectivity index (χ0) is 17.2. The highest BCUT2D eigenvalue weighted by Gasteiger charge is 2.53. The molecule has 3 N–H and O–H groups in total. The molecule has 2 heterocycles. The maximum atomic E-state index is 12.5. The van der Waals surface area contributed by atoms with Crippen LogP contribution in [0, 0.1) is 0 Å². The van der Waals surface area contributed by atoms with E-state index in [1.807, 2.05) is 27.7 Å². The lowest BCUT2D eigenvalue weighted by atomic mass is 9.86. The first-order chi connectivity index (χ1) is 10.5. The number of phenols is 1. The van der Waals surface area contributed by atoms with Crippen LogP contribution >= 0.6 is 0 Å². The second-order valence-electron chi connectivity index (χ2n) is 7.33. The summed E-state index contributed by atoms with van der Waals surface area (Å²) in [6.45, 7) is 7.57. The van der Waals surface area contributed by atoms with Crippen molar-refractivity contribution in [3.8, 4) is 5.75 Å². The van der Waals surface area contributed by atoms with E-state index in [4.69, 9.17) is 5.11 Å². The third kappa shape index (κ3) is 2.27. The van der Waals surface area contributed by atoms with E-state index in [0.717, 1.165) is 5.06 Å². The molecule has 1 aromatic heterocycles. The summed E-state index contributed by atoms with van der Waals surface area (Å²) in [6.07, 6.45) is 0.640. The minimum absolute atomic E-state index is 0.113. The summed E-state index contributed by atoms with van der Waals surface area (Å²) in [6, 6.07) is 2.70. The topological polar surface area (TPSA) is 109 Å². The number of rotatable bonds is 2. The van der Waals surface area contributed by atoms with Crippen LogP contribution in [0.25, 0.3) is 11.0 Å². The average Bonchev–Trinajstić information content (AvgIpc) is 2.90. The number of H-pyrrole nitrogens is 1. The van der Waals surface area contributed by atoms with Crippen molar-refractivity contribution in [1.29, 1.82) is 0 Å². The summed E-state index contributed by atoms with van der Waals surface area (Å²) in [5.41, 5.74) is -0.283. The molecule has 1 unspecified atom stereocenters. The van der Waals surface area contributed by atoms with E-state index in [0.29, 0.717) is 23.3 Å². The molecule has 0 aliphatic carbocycles. The Morgan fingerprint density at radius 1 is 1.35 bits per heavy atom. The normalized spacial score (nSPS) is 23.4. The van der Waals surface area contributed by atoms with Crippen LogP contribution in [0.1, 0.15) is 56.2 Å². The first-order valence-electron chi connectivity index (χ1n) is 7.47. The molecule has 23 heavy (non-hydrogen) atoms. The molecule has 0 amide bonds. The summed E-state index contributed by atoms with van der Waals surface area (Å²) < 4.78 is 0. The van der Waals surface area contributed by atoms with Crippen LogP contribution in [0.4, 0.5) is 0 Å². The van der Waals surface area contributed by atoms with E-state index in [9.17, 15) is 15.1 Å². The molecule has 1 radical (unpaired) electrons. The number of aromatic carboxylic acids is 1. The predicted octanol–water partition coefficient (Wildman–Crippen LogP) is 2.66. The number of aromatic amines is 1. The Bertz CT molecular complexity index is 794. The summed E-state index contributed by atoms with van der Waals surface area (Å²) in [7, 11) is 0. The van der Waals surface area contributed by atoms with Gasteiger partial charge in [0.05, 0.1) is 16.6 Å².